The van der Waals surface area contributed by atoms with Crippen molar-refractivity contribution in [3.05, 3.63) is 33.8 Å². The van der Waals surface area contributed by atoms with E-state index < -0.39 is 17.5 Å². The van der Waals surface area contributed by atoms with Gasteiger partial charge >= 0.3 is 11.9 Å². The molecule has 1 aromatic rings. The van der Waals surface area contributed by atoms with Crippen LogP contribution >= 0.6 is 15.9 Å². The summed E-state index contributed by atoms with van der Waals surface area (Å²) in [4.78, 5) is 10.3. The topological polar surface area (TPSA) is 37.3 Å². The van der Waals surface area contributed by atoms with E-state index in [2.05, 4.69) is 15.9 Å². The van der Waals surface area contributed by atoms with Crippen molar-refractivity contribution < 1.29 is 18.7 Å². The minimum absolute atomic E-state index is 0.509. The SMILES string of the molecule is Cc1cc(C(F)(F)C(=O)O)ccc1Br. The largest absolute Gasteiger partial charge is 0.477 e. The van der Waals surface area contributed by atoms with E-state index in [9.17, 15) is 13.6 Å². The molecule has 76 valence electrons. The van der Waals surface area contributed by atoms with Gasteiger partial charge in [0.1, 0.15) is 0 Å². The molecule has 0 saturated carbocycles. The van der Waals surface area contributed by atoms with Crippen LogP contribution in [0.5, 0.6) is 0 Å². The third-order valence-electron chi connectivity index (χ3n) is 1.79. The first-order valence-electron chi connectivity index (χ1n) is 3.73. The Morgan fingerprint density at radius 3 is 2.50 bits per heavy atom. The van der Waals surface area contributed by atoms with Crippen molar-refractivity contribution in [3.63, 3.8) is 0 Å². The van der Waals surface area contributed by atoms with Gasteiger partial charge in [-0.2, -0.15) is 8.78 Å². The number of carboxylic acid groups (broad SMARTS) is 1. The third kappa shape index (κ3) is 1.92. The summed E-state index contributed by atoms with van der Waals surface area (Å²) < 4.78 is 26.6. The van der Waals surface area contributed by atoms with Crippen LogP contribution in [0.4, 0.5) is 8.78 Å². The van der Waals surface area contributed by atoms with E-state index in [-0.39, 0.29) is 0 Å². The number of carbonyl (C=O) groups is 1. The van der Waals surface area contributed by atoms with E-state index in [0.717, 1.165) is 12.1 Å². The lowest BCUT2D eigenvalue weighted by Crippen LogP contribution is -2.25. The van der Waals surface area contributed by atoms with Gasteiger partial charge in [0.2, 0.25) is 0 Å². The first kappa shape index (κ1) is 11.1. The maximum Gasteiger partial charge on any atom is 0.379 e. The number of aliphatic carboxylic acids is 1. The summed E-state index contributed by atoms with van der Waals surface area (Å²) in [5.41, 5.74) is 0.0640. The van der Waals surface area contributed by atoms with E-state index >= 15 is 0 Å². The Hall–Kier alpha value is -0.970. The van der Waals surface area contributed by atoms with Crippen LogP contribution in [-0.2, 0) is 10.7 Å². The number of hydrogen-bond acceptors (Lipinski definition) is 1. The minimum Gasteiger partial charge on any atom is -0.477 e. The molecule has 0 aliphatic carbocycles. The summed E-state index contributed by atoms with van der Waals surface area (Å²) in [7, 11) is 0. The molecule has 1 N–H and O–H groups in total. The maximum atomic E-state index is 13.0. The molecule has 0 bridgehead atoms. The Morgan fingerprint density at radius 2 is 2.07 bits per heavy atom. The number of benzene rings is 1. The zero-order chi connectivity index (χ0) is 10.9. The summed E-state index contributed by atoms with van der Waals surface area (Å²) >= 11 is 3.14. The molecule has 14 heavy (non-hydrogen) atoms. The van der Waals surface area contributed by atoms with Gasteiger partial charge in [-0.3, -0.25) is 0 Å². The van der Waals surface area contributed by atoms with Crippen molar-refractivity contribution in [2.75, 3.05) is 0 Å². The molecule has 2 nitrogen and oxygen atoms in total. The second-order valence-electron chi connectivity index (χ2n) is 2.84. The Bertz CT molecular complexity index is 377. The van der Waals surface area contributed by atoms with Crippen molar-refractivity contribution >= 4 is 21.9 Å². The molecule has 1 aromatic carbocycles. The molecule has 5 heteroatoms. The van der Waals surface area contributed by atoms with E-state index in [1.54, 1.807) is 6.92 Å². The lowest BCUT2D eigenvalue weighted by molar-refractivity contribution is -0.166. The van der Waals surface area contributed by atoms with Gasteiger partial charge in [-0.25, -0.2) is 4.79 Å². The highest BCUT2D eigenvalue weighted by molar-refractivity contribution is 9.10. The number of rotatable bonds is 2. The Morgan fingerprint density at radius 1 is 1.50 bits per heavy atom. The average molecular weight is 265 g/mol. The molecule has 0 unspecified atom stereocenters. The predicted octanol–water partition coefficient (Wildman–Crippen LogP) is 2.93. The number of hydrogen-bond donors (Lipinski definition) is 1. The van der Waals surface area contributed by atoms with Crippen LogP contribution in [-0.4, -0.2) is 11.1 Å². The van der Waals surface area contributed by atoms with Crippen molar-refractivity contribution in [2.45, 2.75) is 12.8 Å². The van der Waals surface area contributed by atoms with Gasteiger partial charge in [-0.05, 0) is 24.6 Å². The summed E-state index contributed by atoms with van der Waals surface area (Å²) in [5.74, 6) is -5.97. The Kier molecular flexibility index (Phi) is 2.89. The molecule has 0 heterocycles. The first-order chi connectivity index (χ1) is 6.35. The average Bonchev–Trinajstić information content (AvgIpc) is 2.09. The molecular weight excluding hydrogens is 258 g/mol. The van der Waals surface area contributed by atoms with E-state index in [1.165, 1.54) is 6.07 Å². The Balaban J connectivity index is 3.21. The summed E-state index contributed by atoms with van der Waals surface area (Å²) in [6.07, 6.45) is 0. The molecule has 0 aromatic heterocycles. The van der Waals surface area contributed by atoms with Crippen LogP contribution in [0.15, 0.2) is 22.7 Å². The monoisotopic (exact) mass is 264 g/mol. The highest BCUT2D eigenvalue weighted by atomic mass is 79.9. The van der Waals surface area contributed by atoms with Gasteiger partial charge < -0.3 is 5.11 Å². The molecule has 0 fully saturated rings. The predicted molar refractivity (Wildman–Crippen MR) is 50.4 cm³/mol. The van der Waals surface area contributed by atoms with Crippen molar-refractivity contribution in [1.82, 2.24) is 0 Å². The summed E-state index contributed by atoms with van der Waals surface area (Å²) in [6, 6.07) is 3.64. The van der Waals surface area contributed by atoms with Gasteiger partial charge in [0, 0.05) is 10.0 Å². The van der Waals surface area contributed by atoms with Gasteiger partial charge in [-0.1, -0.05) is 22.0 Å². The van der Waals surface area contributed by atoms with Crippen LogP contribution < -0.4 is 0 Å². The van der Waals surface area contributed by atoms with Gasteiger partial charge in [-0.15, -0.1) is 0 Å². The fraction of sp³-hybridized carbons (Fsp3) is 0.222. The summed E-state index contributed by atoms with van der Waals surface area (Å²) in [6.45, 7) is 1.62. The second kappa shape index (κ2) is 3.65. The number of carboxylic acids is 1. The van der Waals surface area contributed by atoms with E-state index in [4.69, 9.17) is 5.11 Å². The number of alkyl halides is 2. The van der Waals surface area contributed by atoms with E-state index in [1.807, 2.05) is 0 Å². The molecule has 1 rings (SSSR count). The standard InChI is InChI=1S/C9H7BrF2O2/c1-5-4-6(2-3-7(5)10)9(11,12)8(13)14/h2-4H,1H3,(H,13,14). The van der Waals surface area contributed by atoms with Crippen LogP contribution in [0.1, 0.15) is 11.1 Å². The lowest BCUT2D eigenvalue weighted by Gasteiger charge is -2.12. The normalized spacial score (nSPS) is 11.4. The van der Waals surface area contributed by atoms with Gasteiger partial charge in [0.05, 0.1) is 0 Å². The van der Waals surface area contributed by atoms with Crippen molar-refractivity contribution in [2.24, 2.45) is 0 Å². The molecule has 0 amide bonds. The maximum absolute atomic E-state index is 13.0. The number of halogens is 3. The van der Waals surface area contributed by atoms with E-state index in [0.29, 0.717) is 10.0 Å². The van der Waals surface area contributed by atoms with Gasteiger partial charge in [0.25, 0.3) is 0 Å². The quantitative estimate of drug-likeness (QED) is 0.892. The zero-order valence-corrected chi connectivity index (χ0v) is 8.81. The van der Waals surface area contributed by atoms with Crippen molar-refractivity contribution in [1.29, 1.82) is 0 Å². The molecule has 0 radical (unpaired) electrons. The fourth-order valence-electron chi connectivity index (χ4n) is 0.963. The summed E-state index contributed by atoms with van der Waals surface area (Å²) in [5, 5.41) is 8.29. The first-order valence-corrected chi connectivity index (χ1v) is 4.53. The highest BCUT2D eigenvalue weighted by Gasteiger charge is 2.41. The molecular formula is C9H7BrF2O2. The Labute approximate surface area is 87.7 Å². The second-order valence-corrected chi connectivity index (χ2v) is 3.70. The van der Waals surface area contributed by atoms with Crippen LogP contribution in [0.3, 0.4) is 0 Å². The fourth-order valence-corrected chi connectivity index (χ4v) is 1.21. The third-order valence-corrected chi connectivity index (χ3v) is 2.68. The van der Waals surface area contributed by atoms with Gasteiger partial charge in [0.15, 0.2) is 0 Å². The van der Waals surface area contributed by atoms with Crippen LogP contribution in [0, 0.1) is 6.92 Å². The smallest absolute Gasteiger partial charge is 0.379 e. The molecule has 0 saturated heterocycles. The van der Waals surface area contributed by atoms with Crippen molar-refractivity contribution in [3.8, 4) is 0 Å². The van der Waals surface area contributed by atoms with Crippen LogP contribution in [0.25, 0.3) is 0 Å². The molecule has 0 spiro atoms. The number of aryl methyl sites for hydroxylation is 1. The van der Waals surface area contributed by atoms with Crippen LogP contribution in [0.2, 0.25) is 0 Å². The molecule has 0 atom stereocenters. The highest BCUT2D eigenvalue weighted by Crippen LogP contribution is 2.30. The molecule has 0 aliphatic heterocycles. The lowest BCUT2D eigenvalue weighted by atomic mass is 10.1. The molecule has 0 aliphatic rings. The minimum atomic E-state index is -3.83. The zero-order valence-electron chi connectivity index (χ0n) is 7.22.